The van der Waals surface area contributed by atoms with Crippen molar-refractivity contribution in [3.05, 3.63) is 64.8 Å². The van der Waals surface area contributed by atoms with Gasteiger partial charge in [-0.2, -0.15) is 0 Å². The number of thioether (sulfide) groups is 1. The Bertz CT molecular complexity index is 1090. The van der Waals surface area contributed by atoms with Gasteiger partial charge in [-0.1, -0.05) is 62.8 Å². The van der Waals surface area contributed by atoms with Crippen LogP contribution in [0.5, 0.6) is 11.5 Å². The van der Waals surface area contributed by atoms with Gasteiger partial charge in [-0.15, -0.1) is 6.58 Å². The number of nitrogens with zero attached hydrogens (tertiary/aromatic N) is 3. The summed E-state index contributed by atoms with van der Waals surface area (Å²) in [6.07, 6.45) is 13.9. The minimum Gasteiger partial charge on any atom is -0.493 e. The zero-order valence-electron chi connectivity index (χ0n) is 20.3. The number of carbonyl (C=O) groups is 1. The van der Waals surface area contributed by atoms with Crippen LogP contribution in [-0.4, -0.2) is 41.2 Å². The largest absolute Gasteiger partial charge is 0.493 e. The summed E-state index contributed by atoms with van der Waals surface area (Å²) in [5, 5.41) is 0.963. The Morgan fingerprint density at radius 1 is 1.17 bits per heavy atom. The molecule has 0 radical (unpaired) electrons. The van der Waals surface area contributed by atoms with Gasteiger partial charge in [0.25, 0.3) is 5.91 Å². The zero-order valence-corrected chi connectivity index (χ0v) is 21.9. The first kappa shape index (κ1) is 26.8. The van der Waals surface area contributed by atoms with E-state index in [-0.39, 0.29) is 5.91 Å². The second-order valence-electron chi connectivity index (χ2n) is 8.06. The van der Waals surface area contributed by atoms with Crippen LogP contribution < -0.4 is 9.47 Å². The Morgan fingerprint density at radius 3 is 2.71 bits per heavy atom. The third-order valence-electron chi connectivity index (χ3n) is 5.41. The highest BCUT2D eigenvalue weighted by atomic mass is 35.5. The first-order valence-electron chi connectivity index (χ1n) is 11.9. The predicted molar refractivity (Wildman–Crippen MR) is 146 cm³/mol. The average molecular weight is 514 g/mol. The number of carbonyl (C=O) groups excluding carboxylic acids is 1. The lowest BCUT2D eigenvalue weighted by molar-refractivity contribution is -0.121. The Kier molecular flexibility index (Phi) is 10.7. The molecule has 0 saturated carbocycles. The molecule has 1 aliphatic rings. The quantitative estimate of drug-likeness (QED) is 0.160. The molecule has 6 nitrogen and oxygen atoms in total. The van der Waals surface area contributed by atoms with E-state index in [2.05, 4.69) is 23.5 Å². The van der Waals surface area contributed by atoms with Crippen molar-refractivity contribution in [1.82, 2.24) is 9.88 Å². The summed E-state index contributed by atoms with van der Waals surface area (Å²) < 4.78 is 11.5. The highest BCUT2D eigenvalue weighted by Crippen LogP contribution is 2.36. The molecule has 35 heavy (non-hydrogen) atoms. The number of rotatable bonds is 13. The van der Waals surface area contributed by atoms with Crippen molar-refractivity contribution < 1.29 is 14.3 Å². The van der Waals surface area contributed by atoms with E-state index in [1.54, 1.807) is 30.3 Å². The lowest BCUT2D eigenvalue weighted by Crippen LogP contribution is -2.29. The molecule has 1 saturated heterocycles. The predicted octanol–water partition coefficient (Wildman–Crippen LogP) is 7.27. The van der Waals surface area contributed by atoms with Gasteiger partial charge in [-0.25, -0.2) is 4.99 Å². The van der Waals surface area contributed by atoms with E-state index in [0.717, 1.165) is 12.0 Å². The third-order valence-corrected chi connectivity index (χ3v) is 6.71. The van der Waals surface area contributed by atoms with Crippen molar-refractivity contribution in [2.45, 2.75) is 45.4 Å². The lowest BCUT2D eigenvalue weighted by atomic mass is 10.1. The summed E-state index contributed by atoms with van der Waals surface area (Å²) in [6, 6.07) is 7.40. The molecule has 2 heterocycles. The maximum absolute atomic E-state index is 13.1. The van der Waals surface area contributed by atoms with E-state index in [1.807, 2.05) is 24.3 Å². The highest BCUT2D eigenvalue weighted by molar-refractivity contribution is 8.18. The highest BCUT2D eigenvalue weighted by Gasteiger charge is 2.32. The number of aromatic nitrogens is 1. The SMILES string of the molecule is C=CCN1C(=O)/C(=C/c2ccc(OCCCCCCCC)c(OC)c2)SC1=Nc1ccncc1Cl. The number of methoxy groups -OCH3 is 1. The zero-order chi connectivity index (χ0) is 25.0. The Balaban J connectivity index is 1.72. The summed E-state index contributed by atoms with van der Waals surface area (Å²) in [5.74, 6) is 1.21. The molecule has 1 aromatic carbocycles. The van der Waals surface area contributed by atoms with Crippen molar-refractivity contribution in [3.63, 3.8) is 0 Å². The molecule has 0 unspecified atom stereocenters. The first-order chi connectivity index (χ1) is 17.1. The maximum Gasteiger partial charge on any atom is 0.267 e. The van der Waals surface area contributed by atoms with Gasteiger partial charge in [0.15, 0.2) is 16.7 Å². The number of aliphatic imine (C=N–C) groups is 1. The normalized spacial score (nSPS) is 15.7. The Labute approximate surface area is 217 Å². The topological polar surface area (TPSA) is 64.0 Å². The van der Waals surface area contributed by atoms with Crippen LogP contribution in [0.3, 0.4) is 0 Å². The number of halogens is 1. The van der Waals surface area contributed by atoms with Gasteiger partial charge in [0.2, 0.25) is 0 Å². The molecule has 0 aliphatic carbocycles. The first-order valence-corrected chi connectivity index (χ1v) is 13.1. The van der Waals surface area contributed by atoms with Gasteiger partial charge in [-0.05, 0) is 48.0 Å². The van der Waals surface area contributed by atoms with Crippen molar-refractivity contribution >= 4 is 46.2 Å². The molecule has 0 spiro atoms. The monoisotopic (exact) mass is 513 g/mol. The molecule has 1 aliphatic heterocycles. The van der Waals surface area contributed by atoms with Gasteiger partial charge >= 0.3 is 0 Å². The van der Waals surface area contributed by atoms with E-state index in [1.165, 1.54) is 50.1 Å². The molecule has 0 N–H and O–H groups in total. The number of hydrogen-bond acceptors (Lipinski definition) is 6. The summed E-state index contributed by atoms with van der Waals surface area (Å²) >= 11 is 7.51. The van der Waals surface area contributed by atoms with Crippen LogP contribution in [0, 0.1) is 0 Å². The third kappa shape index (κ3) is 7.61. The molecule has 1 aromatic heterocycles. The van der Waals surface area contributed by atoms with Crippen molar-refractivity contribution in [1.29, 1.82) is 0 Å². The number of benzene rings is 1. The van der Waals surface area contributed by atoms with Crippen LogP contribution in [0.25, 0.3) is 6.08 Å². The molecule has 0 bridgehead atoms. The number of amides is 1. The molecule has 1 amide bonds. The second kappa shape index (κ2) is 14.0. The number of amidine groups is 1. The summed E-state index contributed by atoms with van der Waals surface area (Å²) in [4.78, 5) is 23.8. The van der Waals surface area contributed by atoms with E-state index in [4.69, 9.17) is 21.1 Å². The van der Waals surface area contributed by atoms with E-state index >= 15 is 0 Å². The molecule has 3 rings (SSSR count). The molecule has 8 heteroatoms. The minimum atomic E-state index is -0.138. The fourth-order valence-corrected chi connectivity index (χ4v) is 4.71. The number of hydrogen-bond donors (Lipinski definition) is 0. The van der Waals surface area contributed by atoms with Gasteiger partial charge in [0.1, 0.15) is 0 Å². The van der Waals surface area contributed by atoms with Gasteiger partial charge in [-0.3, -0.25) is 14.7 Å². The molecule has 2 aromatic rings. The van der Waals surface area contributed by atoms with Crippen LogP contribution in [0.1, 0.15) is 51.0 Å². The average Bonchev–Trinajstić information content (AvgIpc) is 3.14. The van der Waals surface area contributed by atoms with Crippen LogP contribution in [0.4, 0.5) is 5.69 Å². The number of pyridine rings is 1. The Morgan fingerprint density at radius 2 is 1.97 bits per heavy atom. The van der Waals surface area contributed by atoms with Crippen LogP contribution in [0.15, 0.2) is 59.2 Å². The van der Waals surface area contributed by atoms with Crippen molar-refractivity contribution in [2.75, 3.05) is 20.3 Å². The molecule has 0 atom stereocenters. The van der Waals surface area contributed by atoms with Gasteiger partial charge in [0, 0.05) is 18.9 Å². The minimum absolute atomic E-state index is 0.138. The standard InChI is InChI=1S/C27H32ClN3O3S/c1-4-6-7-8-9-10-16-34-23-12-11-20(17-24(23)33-3)18-25-26(32)31(15-5-2)27(35-25)30-22-13-14-29-19-21(22)28/h5,11-14,17-19H,2,4,6-10,15-16H2,1,3H3/b25-18-,30-27?. The summed E-state index contributed by atoms with van der Waals surface area (Å²) in [7, 11) is 1.62. The molecule has 1 fully saturated rings. The fourth-order valence-electron chi connectivity index (χ4n) is 3.55. The van der Waals surface area contributed by atoms with E-state index < -0.39 is 0 Å². The van der Waals surface area contributed by atoms with E-state index in [0.29, 0.717) is 45.4 Å². The number of unbranched alkanes of at least 4 members (excludes halogenated alkanes) is 5. The summed E-state index contributed by atoms with van der Waals surface area (Å²) in [5.41, 5.74) is 1.40. The summed E-state index contributed by atoms with van der Waals surface area (Å²) in [6.45, 7) is 6.99. The Hall–Kier alpha value is -2.77. The van der Waals surface area contributed by atoms with E-state index in [9.17, 15) is 4.79 Å². The molecular formula is C27H32ClN3O3S. The van der Waals surface area contributed by atoms with Crippen LogP contribution in [-0.2, 0) is 4.79 Å². The molecular weight excluding hydrogens is 482 g/mol. The maximum atomic E-state index is 13.1. The van der Waals surface area contributed by atoms with Crippen molar-refractivity contribution in [2.24, 2.45) is 4.99 Å². The van der Waals surface area contributed by atoms with Crippen LogP contribution in [0.2, 0.25) is 5.02 Å². The lowest BCUT2D eigenvalue weighted by Gasteiger charge is -2.12. The van der Waals surface area contributed by atoms with Gasteiger partial charge < -0.3 is 9.47 Å². The van der Waals surface area contributed by atoms with Gasteiger partial charge in [0.05, 0.1) is 29.3 Å². The fraction of sp³-hybridized carbons (Fsp3) is 0.370. The molecule has 186 valence electrons. The van der Waals surface area contributed by atoms with Crippen molar-refractivity contribution in [3.8, 4) is 11.5 Å². The smallest absolute Gasteiger partial charge is 0.267 e. The number of ether oxygens (including phenoxy) is 2. The van der Waals surface area contributed by atoms with Crippen LogP contribution >= 0.6 is 23.4 Å². The second-order valence-corrected chi connectivity index (χ2v) is 9.48.